The van der Waals surface area contributed by atoms with E-state index in [1.54, 1.807) is 19.2 Å². The molecule has 0 radical (unpaired) electrons. The number of hydrogen-bond donors (Lipinski definition) is 1. The number of ether oxygens (including phenoxy) is 1. The quantitative estimate of drug-likeness (QED) is 0.840. The second kappa shape index (κ2) is 6.79. The fourth-order valence-corrected chi connectivity index (χ4v) is 4.04. The van der Waals surface area contributed by atoms with Gasteiger partial charge in [-0.15, -0.1) is 0 Å². The first-order chi connectivity index (χ1) is 9.97. The summed E-state index contributed by atoms with van der Waals surface area (Å²) in [4.78, 5) is 0.380. The number of benzene rings is 1. The van der Waals surface area contributed by atoms with Crippen LogP contribution in [0.5, 0.6) is 0 Å². The van der Waals surface area contributed by atoms with Crippen LogP contribution < -0.4 is 5.32 Å². The number of methoxy groups -OCH3 is 1. The van der Waals surface area contributed by atoms with Crippen molar-refractivity contribution < 1.29 is 13.2 Å². The van der Waals surface area contributed by atoms with E-state index in [0.717, 1.165) is 19.6 Å². The maximum atomic E-state index is 11.8. The topological polar surface area (TPSA) is 55.4 Å². The molecular weight excluding hydrogens is 286 g/mol. The Kier molecular flexibility index (Phi) is 5.27. The molecule has 0 bridgehead atoms. The molecule has 4 nitrogen and oxygen atoms in total. The third-order valence-electron chi connectivity index (χ3n) is 4.44. The third kappa shape index (κ3) is 4.20. The number of sulfone groups is 1. The summed E-state index contributed by atoms with van der Waals surface area (Å²) in [5.74, 6) is 0. The molecule has 0 atom stereocenters. The highest BCUT2D eigenvalue weighted by Crippen LogP contribution is 2.41. The van der Waals surface area contributed by atoms with Crippen molar-refractivity contribution in [2.24, 2.45) is 5.41 Å². The highest BCUT2D eigenvalue weighted by atomic mass is 32.2. The van der Waals surface area contributed by atoms with E-state index in [1.165, 1.54) is 31.9 Å². The van der Waals surface area contributed by atoms with Gasteiger partial charge < -0.3 is 10.1 Å². The molecule has 2 rings (SSSR count). The number of hydrogen-bond acceptors (Lipinski definition) is 4. The summed E-state index contributed by atoms with van der Waals surface area (Å²) in [5.41, 5.74) is 0.948. The average Bonchev–Trinajstić information content (AvgIpc) is 2.92. The van der Waals surface area contributed by atoms with E-state index in [9.17, 15) is 8.42 Å². The Morgan fingerprint density at radius 3 is 2.52 bits per heavy atom. The zero-order chi connectivity index (χ0) is 15.3. The van der Waals surface area contributed by atoms with E-state index in [4.69, 9.17) is 4.74 Å². The Morgan fingerprint density at radius 2 is 1.90 bits per heavy atom. The van der Waals surface area contributed by atoms with E-state index in [-0.39, 0.29) is 5.41 Å². The zero-order valence-electron chi connectivity index (χ0n) is 12.9. The van der Waals surface area contributed by atoms with Crippen LogP contribution in [0.4, 0.5) is 5.69 Å². The summed E-state index contributed by atoms with van der Waals surface area (Å²) in [5, 5.41) is 3.38. The van der Waals surface area contributed by atoms with Crippen LogP contribution in [-0.2, 0) is 14.6 Å². The van der Waals surface area contributed by atoms with Crippen LogP contribution in [-0.4, -0.2) is 34.9 Å². The summed E-state index contributed by atoms with van der Waals surface area (Å²) < 4.78 is 28.9. The monoisotopic (exact) mass is 311 g/mol. The lowest BCUT2D eigenvalue weighted by atomic mass is 9.83. The van der Waals surface area contributed by atoms with Crippen LogP contribution in [0.1, 0.15) is 32.1 Å². The molecule has 1 aliphatic carbocycles. The van der Waals surface area contributed by atoms with Crippen molar-refractivity contribution in [1.29, 1.82) is 0 Å². The smallest absolute Gasteiger partial charge is 0.177 e. The maximum absolute atomic E-state index is 11.8. The summed E-state index contributed by atoms with van der Waals surface area (Å²) in [6, 6.07) is 7.13. The molecule has 0 unspecified atom stereocenters. The first-order valence-electron chi connectivity index (χ1n) is 7.49. The SMILES string of the molecule is COCCC1(CNc2ccccc2S(C)(=O)=O)CCCC1. The molecule has 0 aliphatic heterocycles. The minimum atomic E-state index is -3.20. The molecule has 0 saturated heterocycles. The van der Waals surface area contributed by atoms with Gasteiger partial charge in [0.2, 0.25) is 0 Å². The van der Waals surface area contributed by atoms with Crippen molar-refractivity contribution in [2.45, 2.75) is 37.0 Å². The maximum Gasteiger partial charge on any atom is 0.177 e. The van der Waals surface area contributed by atoms with E-state index in [1.807, 2.05) is 12.1 Å². The van der Waals surface area contributed by atoms with Gasteiger partial charge in [0.05, 0.1) is 10.6 Å². The predicted molar refractivity (Wildman–Crippen MR) is 85.4 cm³/mol. The second-order valence-corrected chi connectivity index (χ2v) is 8.06. The van der Waals surface area contributed by atoms with Crippen LogP contribution in [0.25, 0.3) is 0 Å². The Labute approximate surface area is 127 Å². The molecule has 0 amide bonds. The highest BCUT2D eigenvalue weighted by molar-refractivity contribution is 7.90. The van der Waals surface area contributed by atoms with E-state index in [2.05, 4.69) is 5.32 Å². The molecule has 1 aromatic rings. The van der Waals surface area contributed by atoms with Gasteiger partial charge >= 0.3 is 0 Å². The molecular formula is C16H25NO3S. The first-order valence-corrected chi connectivity index (χ1v) is 9.38. The van der Waals surface area contributed by atoms with Gasteiger partial charge in [-0.3, -0.25) is 0 Å². The van der Waals surface area contributed by atoms with Gasteiger partial charge in [-0.05, 0) is 36.8 Å². The molecule has 1 saturated carbocycles. The Bertz CT molecular complexity index is 563. The van der Waals surface area contributed by atoms with Gasteiger partial charge in [0.15, 0.2) is 9.84 Å². The van der Waals surface area contributed by atoms with Crippen LogP contribution >= 0.6 is 0 Å². The van der Waals surface area contributed by atoms with Gasteiger partial charge in [-0.1, -0.05) is 25.0 Å². The normalized spacial score (nSPS) is 17.8. The Balaban J connectivity index is 2.11. The fraction of sp³-hybridized carbons (Fsp3) is 0.625. The number of anilines is 1. The second-order valence-electron chi connectivity index (χ2n) is 6.07. The minimum absolute atomic E-state index is 0.237. The number of nitrogens with one attached hydrogen (secondary N) is 1. The molecule has 0 aromatic heterocycles. The van der Waals surface area contributed by atoms with Crippen molar-refractivity contribution in [3.63, 3.8) is 0 Å². The summed E-state index contributed by atoms with van der Waals surface area (Å²) >= 11 is 0. The largest absolute Gasteiger partial charge is 0.385 e. The highest BCUT2D eigenvalue weighted by Gasteiger charge is 2.33. The zero-order valence-corrected chi connectivity index (χ0v) is 13.7. The average molecular weight is 311 g/mol. The van der Waals surface area contributed by atoms with Gasteiger partial charge in [-0.2, -0.15) is 0 Å². The van der Waals surface area contributed by atoms with E-state index in [0.29, 0.717) is 10.6 Å². The Morgan fingerprint density at radius 1 is 1.24 bits per heavy atom. The lowest BCUT2D eigenvalue weighted by Gasteiger charge is -2.30. The molecule has 0 spiro atoms. The first kappa shape index (κ1) is 16.3. The molecule has 1 N–H and O–H groups in total. The fourth-order valence-electron chi connectivity index (χ4n) is 3.18. The molecule has 21 heavy (non-hydrogen) atoms. The molecule has 1 aliphatic rings. The molecule has 0 heterocycles. The molecule has 1 fully saturated rings. The van der Waals surface area contributed by atoms with E-state index >= 15 is 0 Å². The van der Waals surface area contributed by atoms with Gasteiger partial charge in [0.1, 0.15) is 0 Å². The van der Waals surface area contributed by atoms with Gasteiger partial charge in [0, 0.05) is 26.5 Å². The number of para-hydroxylation sites is 1. The van der Waals surface area contributed by atoms with Crippen molar-refractivity contribution in [2.75, 3.05) is 31.8 Å². The van der Waals surface area contributed by atoms with E-state index < -0.39 is 9.84 Å². The Hall–Kier alpha value is -1.07. The van der Waals surface area contributed by atoms with Gasteiger partial charge in [0.25, 0.3) is 0 Å². The molecule has 1 aromatic carbocycles. The lowest BCUT2D eigenvalue weighted by molar-refractivity contribution is 0.143. The van der Waals surface area contributed by atoms with Crippen molar-refractivity contribution in [3.05, 3.63) is 24.3 Å². The summed E-state index contributed by atoms with van der Waals surface area (Å²) in [6.45, 7) is 1.57. The van der Waals surface area contributed by atoms with Crippen LogP contribution in [0.3, 0.4) is 0 Å². The van der Waals surface area contributed by atoms with Crippen molar-refractivity contribution >= 4 is 15.5 Å². The third-order valence-corrected chi connectivity index (χ3v) is 5.60. The summed E-state index contributed by atoms with van der Waals surface area (Å²) in [7, 11) is -1.47. The lowest BCUT2D eigenvalue weighted by Crippen LogP contribution is -2.28. The van der Waals surface area contributed by atoms with Crippen LogP contribution in [0.15, 0.2) is 29.2 Å². The molecule has 5 heteroatoms. The predicted octanol–water partition coefficient (Wildman–Crippen LogP) is 3.10. The van der Waals surface area contributed by atoms with Crippen molar-refractivity contribution in [1.82, 2.24) is 0 Å². The van der Waals surface area contributed by atoms with Crippen LogP contribution in [0.2, 0.25) is 0 Å². The van der Waals surface area contributed by atoms with Crippen molar-refractivity contribution in [3.8, 4) is 0 Å². The standard InChI is InChI=1S/C16H25NO3S/c1-20-12-11-16(9-5-6-10-16)13-17-14-7-3-4-8-15(14)21(2,18)19/h3-4,7-8,17H,5-6,9-13H2,1-2H3. The number of rotatable bonds is 7. The minimum Gasteiger partial charge on any atom is -0.385 e. The van der Waals surface area contributed by atoms with Gasteiger partial charge in [-0.25, -0.2) is 8.42 Å². The summed E-state index contributed by atoms with van der Waals surface area (Å²) in [6.07, 6.45) is 7.15. The molecule has 118 valence electrons. The van der Waals surface area contributed by atoms with Crippen LogP contribution in [0, 0.1) is 5.41 Å².